The molecule has 0 radical (unpaired) electrons. The fourth-order valence-corrected chi connectivity index (χ4v) is 3.37. The summed E-state index contributed by atoms with van der Waals surface area (Å²) in [5.41, 5.74) is 2.85. The van der Waals surface area contributed by atoms with Crippen LogP contribution in [-0.2, 0) is 24.8 Å². The Balaban J connectivity index is 1.51. The number of hydrogen-bond acceptors (Lipinski definition) is 5. The minimum Gasteiger partial charge on any atom is -0.353 e. The molecule has 0 aliphatic heterocycles. The summed E-state index contributed by atoms with van der Waals surface area (Å²) in [4.78, 5) is 14.3. The van der Waals surface area contributed by atoms with Gasteiger partial charge in [0, 0.05) is 30.3 Å². The summed E-state index contributed by atoms with van der Waals surface area (Å²) in [7, 11) is 6.06. The molecule has 8 heteroatoms. The van der Waals surface area contributed by atoms with E-state index in [0.29, 0.717) is 12.3 Å². The first kappa shape index (κ1) is 17.6. The van der Waals surface area contributed by atoms with E-state index in [1.54, 1.807) is 0 Å². The highest BCUT2D eigenvalue weighted by atomic mass is 16.1. The molecule has 2 N–H and O–H groups in total. The van der Waals surface area contributed by atoms with Gasteiger partial charge in [0.05, 0.1) is 18.7 Å². The summed E-state index contributed by atoms with van der Waals surface area (Å²) in [5, 5.41) is 18.8. The normalized spacial score (nSPS) is 19.9. The van der Waals surface area contributed by atoms with E-state index in [4.69, 9.17) is 0 Å². The van der Waals surface area contributed by atoms with Crippen LogP contribution in [0.5, 0.6) is 0 Å². The molecule has 1 aliphatic carbocycles. The summed E-state index contributed by atoms with van der Waals surface area (Å²) in [6.07, 6.45) is 2.22. The molecular formula is C17H27N7O. The molecule has 0 atom stereocenters. The van der Waals surface area contributed by atoms with Gasteiger partial charge < -0.3 is 14.8 Å². The van der Waals surface area contributed by atoms with Gasteiger partial charge in [-0.25, -0.2) is 0 Å². The van der Waals surface area contributed by atoms with Gasteiger partial charge in [-0.2, -0.15) is 5.10 Å². The smallest absolute Gasteiger partial charge is 0.224 e. The van der Waals surface area contributed by atoms with Crippen molar-refractivity contribution < 1.29 is 4.79 Å². The second kappa shape index (κ2) is 6.95. The summed E-state index contributed by atoms with van der Waals surface area (Å²) in [5.74, 6) is 2.42. The number of H-pyrrole nitrogens is 1. The van der Waals surface area contributed by atoms with Crippen LogP contribution < -0.4 is 5.32 Å². The van der Waals surface area contributed by atoms with Gasteiger partial charge in [-0.1, -0.05) is 0 Å². The summed E-state index contributed by atoms with van der Waals surface area (Å²) >= 11 is 0. The standard InChI is InChI=1S/C17H27N7O/c1-10-14(11(2)20-19-10)8-16(25)18-13-6-12(7-13)17-22-21-15(24(17)5)9-23(3)4/h12-13H,6-9H2,1-5H3,(H,18,25)(H,19,20). The zero-order valence-corrected chi connectivity index (χ0v) is 15.6. The van der Waals surface area contributed by atoms with Crippen molar-refractivity contribution in [3.05, 3.63) is 28.6 Å². The molecule has 2 aromatic rings. The third kappa shape index (κ3) is 3.73. The number of nitrogens with zero attached hydrogens (tertiary/aromatic N) is 5. The maximum absolute atomic E-state index is 12.3. The molecule has 25 heavy (non-hydrogen) atoms. The molecule has 0 unspecified atom stereocenters. The quantitative estimate of drug-likeness (QED) is 0.809. The first-order valence-electron chi connectivity index (χ1n) is 8.67. The van der Waals surface area contributed by atoms with Crippen molar-refractivity contribution in [2.24, 2.45) is 7.05 Å². The molecule has 1 saturated carbocycles. The van der Waals surface area contributed by atoms with E-state index < -0.39 is 0 Å². The zero-order valence-electron chi connectivity index (χ0n) is 15.6. The molecule has 0 saturated heterocycles. The summed E-state index contributed by atoms with van der Waals surface area (Å²) < 4.78 is 2.08. The van der Waals surface area contributed by atoms with Gasteiger partial charge in [-0.05, 0) is 40.8 Å². The summed E-state index contributed by atoms with van der Waals surface area (Å²) in [6.45, 7) is 4.64. The van der Waals surface area contributed by atoms with Crippen molar-refractivity contribution in [2.75, 3.05) is 14.1 Å². The predicted molar refractivity (Wildman–Crippen MR) is 94.1 cm³/mol. The van der Waals surface area contributed by atoms with Crippen LogP contribution >= 0.6 is 0 Å². The van der Waals surface area contributed by atoms with Gasteiger partial charge in [0.2, 0.25) is 5.91 Å². The zero-order chi connectivity index (χ0) is 18.1. The number of aromatic nitrogens is 5. The van der Waals surface area contributed by atoms with Crippen LogP contribution in [0.4, 0.5) is 0 Å². The third-order valence-corrected chi connectivity index (χ3v) is 4.94. The number of carbonyl (C=O) groups is 1. The van der Waals surface area contributed by atoms with E-state index in [-0.39, 0.29) is 11.9 Å². The van der Waals surface area contributed by atoms with Gasteiger partial charge >= 0.3 is 0 Å². The Hall–Kier alpha value is -2.22. The number of nitrogens with one attached hydrogen (secondary N) is 2. The van der Waals surface area contributed by atoms with Crippen molar-refractivity contribution in [2.45, 2.75) is 51.6 Å². The number of aromatic amines is 1. The largest absolute Gasteiger partial charge is 0.353 e. The highest BCUT2D eigenvalue weighted by Crippen LogP contribution is 2.36. The van der Waals surface area contributed by atoms with Crippen LogP contribution in [0, 0.1) is 13.8 Å². The fraction of sp³-hybridized carbons (Fsp3) is 0.647. The van der Waals surface area contributed by atoms with E-state index in [9.17, 15) is 4.79 Å². The maximum Gasteiger partial charge on any atom is 0.224 e. The second-order valence-corrected chi connectivity index (χ2v) is 7.29. The van der Waals surface area contributed by atoms with E-state index in [2.05, 4.69) is 35.2 Å². The van der Waals surface area contributed by atoms with Crippen molar-refractivity contribution in [1.29, 1.82) is 0 Å². The molecule has 1 amide bonds. The van der Waals surface area contributed by atoms with Gasteiger partial charge in [0.25, 0.3) is 0 Å². The van der Waals surface area contributed by atoms with Crippen molar-refractivity contribution in [1.82, 2.24) is 35.2 Å². The molecule has 2 heterocycles. The average Bonchev–Trinajstić information content (AvgIpc) is 3.00. The lowest BCUT2D eigenvalue weighted by molar-refractivity contribution is -0.121. The van der Waals surface area contributed by atoms with Gasteiger partial charge in [0.15, 0.2) is 0 Å². The first-order valence-corrected chi connectivity index (χ1v) is 8.67. The molecule has 0 aromatic carbocycles. The fourth-order valence-electron chi connectivity index (χ4n) is 3.37. The van der Waals surface area contributed by atoms with E-state index in [1.807, 2.05) is 35.0 Å². The SMILES string of the molecule is Cc1n[nH]c(C)c1CC(=O)NC1CC(c2nnc(CN(C)C)n2C)C1. The number of rotatable bonds is 6. The van der Waals surface area contributed by atoms with Crippen molar-refractivity contribution in [3.63, 3.8) is 0 Å². The predicted octanol–water partition coefficient (Wildman–Crippen LogP) is 0.822. The van der Waals surface area contributed by atoms with Crippen LogP contribution in [0.15, 0.2) is 0 Å². The highest BCUT2D eigenvalue weighted by Gasteiger charge is 2.35. The van der Waals surface area contributed by atoms with Crippen molar-refractivity contribution in [3.8, 4) is 0 Å². The number of aryl methyl sites for hydroxylation is 2. The number of amides is 1. The molecule has 1 fully saturated rings. The monoisotopic (exact) mass is 345 g/mol. The Bertz CT molecular complexity index is 736. The topological polar surface area (TPSA) is 91.7 Å². The van der Waals surface area contributed by atoms with Crippen LogP contribution in [0.3, 0.4) is 0 Å². The van der Waals surface area contributed by atoms with Crippen LogP contribution in [0.1, 0.15) is 47.4 Å². The molecule has 136 valence electrons. The maximum atomic E-state index is 12.3. The summed E-state index contributed by atoms with van der Waals surface area (Å²) in [6, 6.07) is 0.221. The third-order valence-electron chi connectivity index (χ3n) is 4.94. The minimum absolute atomic E-state index is 0.0577. The average molecular weight is 345 g/mol. The van der Waals surface area contributed by atoms with E-state index in [1.165, 1.54) is 0 Å². The van der Waals surface area contributed by atoms with Gasteiger partial charge in [-0.3, -0.25) is 9.89 Å². The molecular weight excluding hydrogens is 318 g/mol. The number of hydrogen-bond donors (Lipinski definition) is 2. The van der Waals surface area contributed by atoms with Crippen LogP contribution in [0.25, 0.3) is 0 Å². The molecule has 0 bridgehead atoms. The molecule has 1 aliphatic rings. The van der Waals surface area contributed by atoms with Gasteiger partial charge in [0.1, 0.15) is 11.6 Å². The molecule has 0 spiro atoms. The lowest BCUT2D eigenvalue weighted by atomic mass is 9.79. The Kier molecular flexibility index (Phi) is 4.89. The second-order valence-electron chi connectivity index (χ2n) is 7.29. The van der Waals surface area contributed by atoms with E-state index >= 15 is 0 Å². The lowest BCUT2D eigenvalue weighted by Crippen LogP contribution is -2.44. The Morgan fingerprint density at radius 3 is 2.64 bits per heavy atom. The highest BCUT2D eigenvalue weighted by molar-refractivity contribution is 5.79. The van der Waals surface area contributed by atoms with Crippen molar-refractivity contribution >= 4 is 5.91 Å². The van der Waals surface area contributed by atoms with Gasteiger partial charge in [-0.15, -0.1) is 10.2 Å². The molecule has 3 rings (SSSR count). The Labute approximate surface area is 148 Å². The van der Waals surface area contributed by atoms with Crippen LogP contribution in [-0.4, -0.2) is 55.9 Å². The lowest BCUT2D eigenvalue weighted by Gasteiger charge is -2.35. The minimum atomic E-state index is 0.0577. The molecule has 2 aromatic heterocycles. The first-order chi connectivity index (χ1) is 11.8. The van der Waals surface area contributed by atoms with Crippen LogP contribution in [0.2, 0.25) is 0 Å². The molecule has 8 nitrogen and oxygen atoms in total. The Morgan fingerprint density at radius 1 is 1.32 bits per heavy atom. The number of carbonyl (C=O) groups excluding carboxylic acids is 1. The Morgan fingerprint density at radius 2 is 2.04 bits per heavy atom. The van der Waals surface area contributed by atoms with E-state index in [0.717, 1.165) is 48.0 Å².